The molecule has 3 rings (SSSR count). The molecule has 1 heterocycles. The van der Waals surface area contributed by atoms with Crippen LogP contribution in [0.2, 0.25) is 15.1 Å². The summed E-state index contributed by atoms with van der Waals surface area (Å²) in [5.74, 6) is -0.239. The van der Waals surface area contributed by atoms with E-state index in [9.17, 15) is 9.18 Å². The highest BCUT2D eigenvalue weighted by molar-refractivity contribution is 7.99. The Morgan fingerprint density at radius 1 is 1.12 bits per heavy atom. The lowest BCUT2D eigenvalue weighted by Gasteiger charge is -2.02. The summed E-state index contributed by atoms with van der Waals surface area (Å²) >= 11 is 18.7. The Bertz CT molecular complexity index is 931. The van der Waals surface area contributed by atoms with E-state index in [1.807, 2.05) is 0 Å². The molecule has 4 nitrogen and oxygen atoms in total. The Morgan fingerprint density at radius 2 is 1.84 bits per heavy atom. The van der Waals surface area contributed by atoms with E-state index < -0.39 is 5.82 Å². The molecule has 0 radical (unpaired) electrons. The van der Waals surface area contributed by atoms with Gasteiger partial charge in [0.15, 0.2) is 11.6 Å². The van der Waals surface area contributed by atoms with Crippen LogP contribution in [-0.2, 0) is 0 Å². The average molecular weight is 417 g/mol. The van der Waals surface area contributed by atoms with Crippen molar-refractivity contribution < 1.29 is 9.18 Å². The molecule has 0 saturated heterocycles. The van der Waals surface area contributed by atoms with Crippen molar-refractivity contribution in [1.29, 1.82) is 0 Å². The SMILES string of the molecule is O=C(CSc1n[nH]c(-c2cc(F)c(Cl)cc2Cl)n1)c1ccc(Cl)cc1. The fraction of sp³-hybridized carbons (Fsp3) is 0.0625. The number of H-pyrrole nitrogens is 1. The van der Waals surface area contributed by atoms with Crippen LogP contribution in [0.4, 0.5) is 4.39 Å². The van der Waals surface area contributed by atoms with E-state index in [-0.39, 0.29) is 21.6 Å². The predicted molar refractivity (Wildman–Crippen MR) is 98.3 cm³/mol. The minimum absolute atomic E-state index is 0.0728. The van der Waals surface area contributed by atoms with E-state index in [4.69, 9.17) is 34.8 Å². The van der Waals surface area contributed by atoms with E-state index in [2.05, 4.69) is 15.2 Å². The number of Topliss-reactive ketones (excluding diaryl/α,β-unsaturated/α-hetero) is 1. The number of aromatic amines is 1. The predicted octanol–water partition coefficient (Wildman–Crippen LogP) is 5.55. The van der Waals surface area contributed by atoms with Crippen LogP contribution in [0.25, 0.3) is 11.4 Å². The van der Waals surface area contributed by atoms with Crippen LogP contribution >= 0.6 is 46.6 Å². The number of hydrogen-bond acceptors (Lipinski definition) is 4. The summed E-state index contributed by atoms with van der Waals surface area (Å²) in [5, 5.41) is 7.77. The molecule has 0 aliphatic carbocycles. The molecule has 128 valence electrons. The molecule has 0 saturated carbocycles. The quantitative estimate of drug-likeness (QED) is 0.337. The molecule has 0 aliphatic heterocycles. The summed E-state index contributed by atoms with van der Waals surface area (Å²) in [6.45, 7) is 0. The monoisotopic (exact) mass is 415 g/mol. The summed E-state index contributed by atoms with van der Waals surface area (Å²) in [6.07, 6.45) is 0. The second-order valence-corrected chi connectivity index (χ2v) is 7.12. The zero-order valence-corrected chi connectivity index (χ0v) is 15.5. The van der Waals surface area contributed by atoms with Gasteiger partial charge in [0.1, 0.15) is 5.82 Å². The molecule has 0 unspecified atom stereocenters. The Kier molecular flexibility index (Phi) is 5.64. The molecule has 0 fully saturated rings. The zero-order chi connectivity index (χ0) is 18.0. The number of ketones is 1. The highest BCUT2D eigenvalue weighted by Crippen LogP contribution is 2.31. The number of hydrogen-bond donors (Lipinski definition) is 1. The fourth-order valence-corrected chi connectivity index (χ4v) is 3.28. The van der Waals surface area contributed by atoms with Gasteiger partial charge in [-0.25, -0.2) is 9.37 Å². The first kappa shape index (κ1) is 18.2. The maximum absolute atomic E-state index is 13.6. The van der Waals surface area contributed by atoms with Gasteiger partial charge in [-0.05, 0) is 36.4 Å². The lowest BCUT2D eigenvalue weighted by molar-refractivity contribution is 0.102. The number of halogens is 4. The van der Waals surface area contributed by atoms with Gasteiger partial charge in [-0.1, -0.05) is 46.6 Å². The van der Waals surface area contributed by atoms with Crippen LogP contribution < -0.4 is 0 Å². The van der Waals surface area contributed by atoms with Gasteiger partial charge < -0.3 is 0 Å². The molecule has 2 aromatic carbocycles. The van der Waals surface area contributed by atoms with Gasteiger partial charge in [-0.2, -0.15) is 0 Å². The molecular formula is C16H9Cl3FN3OS. The second-order valence-electron chi connectivity index (χ2n) is 4.93. The Labute approximate surface area is 161 Å². The summed E-state index contributed by atoms with van der Waals surface area (Å²) in [4.78, 5) is 16.3. The van der Waals surface area contributed by atoms with Crippen LogP contribution in [0.15, 0.2) is 41.6 Å². The molecule has 0 amide bonds. The minimum atomic E-state index is -0.607. The van der Waals surface area contributed by atoms with Crippen molar-refractivity contribution in [3.63, 3.8) is 0 Å². The lowest BCUT2D eigenvalue weighted by Crippen LogP contribution is -2.02. The molecule has 0 bridgehead atoms. The van der Waals surface area contributed by atoms with E-state index in [1.54, 1.807) is 24.3 Å². The van der Waals surface area contributed by atoms with Gasteiger partial charge in [0, 0.05) is 16.1 Å². The van der Waals surface area contributed by atoms with Crippen molar-refractivity contribution >= 4 is 52.3 Å². The first-order valence-electron chi connectivity index (χ1n) is 6.93. The molecule has 9 heteroatoms. The Morgan fingerprint density at radius 3 is 2.56 bits per heavy atom. The molecule has 0 atom stereocenters. The maximum Gasteiger partial charge on any atom is 0.209 e. The number of carbonyl (C=O) groups is 1. The van der Waals surface area contributed by atoms with Crippen LogP contribution in [0, 0.1) is 5.82 Å². The Hall–Kier alpha value is -1.60. The number of benzene rings is 2. The third-order valence-corrected chi connectivity index (χ3v) is 4.93. The zero-order valence-electron chi connectivity index (χ0n) is 12.4. The van der Waals surface area contributed by atoms with E-state index in [0.717, 1.165) is 11.8 Å². The topological polar surface area (TPSA) is 58.6 Å². The van der Waals surface area contributed by atoms with Crippen molar-refractivity contribution in [2.24, 2.45) is 0 Å². The van der Waals surface area contributed by atoms with Crippen LogP contribution in [0.3, 0.4) is 0 Å². The van der Waals surface area contributed by atoms with Gasteiger partial charge in [-0.15, -0.1) is 5.10 Å². The molecule has 0 spiro atoms. The number of nitrogens with zero attached hydrogens (tertiary/aromatic N) is 2. The maximum atomic E-state index is 13.6. The minimum Gasteiger partial charge on any atom is -0.293 e. The standard InChI is InChI=1S/C16H9Cl3FN3OS/c17-9-3-1-8(2-4-9)14(24)7-25-16-21-15(22-23-16)10-5-13(20)12(19)6-11(10)18/h1-6H,7H2,(H,21,22,23). The third kappa shape index (κ3) is 4.33. The third-order valence-electron chi connectivity index (χ3n) is 3.23. The van der Waals surface area contributed by atoms with Gasteiger partial charge in [0.25, 0.3) is 0 Å². The largest absolute Gasteiger partial charge is 0.293 e. The molecule has 0 aliphatic rings. The van der Waals surface area contributed by atoms with Gasteiger partial charge in [-0.3, -0.25) is 9.89 Å². The number of aromatic nitrogens is 3. The van der Waals surface area contributed by atoms with Crippen molar-refractivity contribution in [1.82, 2.24) is 15.2 Å². The number of carbonyl (C=O) groups excluding carboxylic acids is 1. The van der Waals surface area contributed by atoms with E-state index in [1.165, 1.54) is 12.1 Å². The fourth-order valence-electron chi connectivity index (χ4n) is 1.98. The highest BCUT2D eigenvalue weighted by Gasteiger charge is 2.14. The summed E-state index contributed by atoms with van der Waals surface area (Å²) in [6, 6.07) is 9.10. The van der Waals surface area contributed by atoms with Crippen molar-refractivity contribution in [3.05, 3.63) is 62.8 Å². The smallest absolute Gasteiger partial charge is 0.209 e. The molecule has 3 aromatic rings. The molecular weight excluding hydrogens is 408 g/mol. The first-order valence-corrected chi connectivity index (χ1v) is 9.05. The van der Waals surface area contributed by atoms with Gasteiger partial charge in [0.05, 0.1) is 15.8 Å². The van der Waals surface area contributed by atoms with E-state index >= 15 is 0 Å². The highest BCUT2D eigenvalue weighted by atomic mass is 35.5. The molecule has 1 N–H and O–H groups in total. The first-order chi connectivity index (χ1) is 11.9. The van der Waals surface area contributed by atoms with Crippen LogP contribution in [-0.4, -0.2) is 26.7 Å². The van der Waals surface area contributed by atoms with Crippen LogP contribution in [0.5, 0.6) is 0 Å². The molecule has 1 aromatic heterocycles. The number of rotatable bonds is 5. The number of thioether (sulfide) groups is 1. The summed E-state index contributed by atoms with van der Waals surface area (Å²) < 4.78 is 13.6. The normalized spacial score (nSPS) is 10.9. The molecule has 25 heavy (non-hydrogen) atoms. The Balaban J connectivity index is 1.71. The van der Waals surface area contributed by atoms with Gasteiger partial charge >= 0.3 is 0 Å². The van der Waals surface area contributed by atoms with Crippen molar-refractivity contribution in [2.75, 3.05) is 5.75 Å². The summed E-state index contributed by atoms with van der Waals surface area (Å²) in [5.41, 5.74) is 0.891. The van der Waals surface area contributed by atoms with Crippen molar-refractivity contribution in [2.45, 2.75) is 5.16 Å². The average Bonchev–Trinajstić information content (AvgIpc) is 3.05. The van der Waals surface area contributed by atoms with E-state index in [0.29, 0.717) is 27.1 Å². The second kappa shape index (κ2) is 7.74. The number of nitrogens with one attached hydrogen (secondary N) is 1. The van der Waals surface area contributed by atoms with Crippen molar-refractivity contribution in [3.8, 4) is 11.4 Å². The van der Waals surface area contributed by atoms with Crippen LogP contribution in [0.1, 0.15) is 10.4 Å². The van der Waals surface area contributed by atoms with Gasteiger partial charge in [0.2, 0.25) is 5.16 Å². The summed E-state index contributed by atoms with van der Waals surface area (Å²) in [7, 11) is 0. The lowest BCUT2D eigenvalue weighted by atomic mass is 10.1.